The van der Waals surface area contributed by atoms with E-state index in [1.807, 2.05) is 0 Å². The second-order valence-electron chi connectivity index (χ2n) is 11.5. The van der Waals surface area contributed by atoms with Crippen LogP contribution >= 0.6 is 0 Å². The van der Waals surface area contributed by atoms with Crippen LogP contribution in [0.4, 0.5) is 5.69 Å². The maximum absolute atomic E-state index is 10.2. The van der Waals surface area contributed by atoms with Gasteiger partial charge in [0.25, 0.3) is 0 Å². The fourth-order valence-corrected chi connectivity index (χ4v) is 4.86. The van der Waals surface area contributed by atoms with Crippen LogP contribution in [0.15, 0.2) is 54.6 Å². The highest BCUT2D eigenvalue weighted by atomic mass is 16.4. The number of aromatic carboxylic acids is 1. The number of carboxylic acid groups (broad SMARTS) is 1. The predicted molar refractivity (Wildman–Crippen MR) is 162 cm³/mol. The minimum absolute atomic E-state index is 0.147. The van der Waals surface area contributed by atoms with E-state index in [9.17, 15) is 9.90 Å². The topological polar surface area (TPSA) is 66.2 Å². The molecular weight excluding hydrogens is 468 g/mol. The Labute approximate surface area is 234 Å². The molecule has 4 heteroatoms. The third-order valence-electron chi connectivity index (χ3n) is 7.22. The molecule has 0 amide bonds. The molecule has 2 aromatic rings. The van der Waals surface area contributed by atoms with Crippen LogP contribution in [0.2, 0.25) is 0 Å². The van der Waals surface area contributed by atoms with Crippen molar-refractivity contribution in [3.05, 3.63) is 65.7 Å². The molecule has 0 saturated carbocycles. The van der Waals surface area contributed by atoms with Gasteiger partial charge in [-0.1, -0.05) is 139 Å². The van der Waals surface area contributed by atoms with Gasteiger partial charge in [0.1, 0.15) is 6.54 Å². The summed E-state index contributed by atoms with van der Waals surface area (Å²) in [6.07, 6.45) is 23.2. The third-order valence-corrected chi connectivity index (χ3v) is 7.22. The van der Waals surface area contributed by atoms with E-state index in [0.717, 1.165) is 11.0 Å². The molecule has 0 bridgehead atoms. The van der Waals surface area contributed by atoms with E-state index in [4.69, 9.17) is 5.73 Å². The van der Waals surface area contributed by atoms with E-state index in [1.165, 1.54) is 139 Å². The summed E-state index contributed by atoms with van der Waals surface area (Å²) in [6, 6.07) is 16.8. The first-order valence-electron chi connectivity index (χ1n) is 15.3. The van der Waals surface area contributed by atoms with Gasteiger partial charge in [-0.25, -0.2) is 0 Å². The maximum Gasteiger partial charge on any atom is 0.104 e. The molecule has 38 heavy (non-hydrogen) atoms. The Hall–Kier alpha value is -2.33. The van der Waals surface area contributed by atoms with E-state index in [0.29, 0.717) is 5.69 Å². The Morgan fingerprint density at radius 1 is 0.658 bits per heavy atom. The molecule has 0 aliphatic carbocycles. The van der Waals surface area contributed by atoms with Crippen molar-refractivity contribution in [2.24, 2.45) is 0 Å². The van der Waals surface area contributed by atoms with Gasteiger partial charge in [0.15, 0.2) is 0 Å². The van der Waals surface area contributed by atoms with Crippen LogP contribution in [-0.2, 0) is 6.54 Å². The normalized spacial score (nSPS) is 11.1. The molecule has 0 atom stereocenters. The summed E-state index contributed by atoms with van der Waals surface area (Å²) in [6.45, 7) is 4.75. The van der Waals surface area contributed by atoms with E-state index < -0.39 is 5.97 Å². The quantitative estimate of drug-likeness (QED) is 0.108. The molecule has 0 saturated heterocycles. The van der Waals surface area contributed by atoms with Crippen molar-refractivity contribution < 1.29 is 14.4 Å². The van der Waals surface area contributed by atoms with Gasteiger partial charge in [-0.3, -0.25) is 0 Å². The average Bonchev–Trinajstić information content (AvgIpc) is 2.89. The van der Waals surface area contributed by atoms with Crippen molar-refractivity contribution in [3.63, 3.8) is 0 Å². The van der Waals surface area contributed by atoms with E-state index >= 15 is 0 Å². The average molecular weight is 525 g/mol. The number of hydrogen-bond donors (Lipinski definition) is 1. The molecule has 2 rings (SSSR count). The lowest BCUT2D eigenvalue weighted by Crippen LogP contribution is -2.39. The minimum atomic E-state index is -1.18. The summed E-state index contributed by atoms with van der Waals surface area (Å²) >= 11 is 0. The molecule has 0 fully saturated rings. The molecule has 214 valence electrons. The Morgan fingerprint density at radius 2 is 1.08 bits per heavy atom. The summed E-state index contributed by atoms with van der Waals surface area (Å²) in [4.78, 5) is 10.2. The second-order valence-corrected chi connectivity index (χ2v) is 11.5. The summed E-state index contributed by atoms with van der Waals surface area (Å²) in [5, 5.41) is 10.2. The number of carbonyl (C=O) groups excluding carboxylic acids is 1. The molecule has 0 heterocycles. The summed E-state index contributed by atoms with van der Waals surface area (Å²) in [7, 11) is 4.75. The Morgan fingerprint density at radius 3 is 1.50 bits per heavy atom. The van der Waals surface area contributed by atoms with Gasteiger partial charge in [-0.05, 0) is 30.5 Å². The number of nitrogen functional groups attached to an aromatic ring is 1. The Bertz CT molecular complexity index is 818. The summed E-state index contributed by atoms with van der Waals surface area (Å²) < 4.78 is 1.11. The van der Waals surface area contributed by atoms with Gasteiger partial charge in [0.05, 0.1) is 26.6 Å². The zero-order valence-corrected chi connectivity index (χ0v) is 24.8. The number of anilines is 1. The standard InChI is InChI=1S/C27H50N.C7H7NO2/c1-4-5-6-7-8-9-10-11-12-13-14-15-16-17-18-22-25-28(2,3)26-27-23-20-19-21-24-27;8-6-3-1-5(2-4-6)7(9)10/h19-21,23-24H,4-18,22,25-26H2,1-3H3;1-4H,8H2,(H,9,10)/q+1;/p-1. The lowest BCUT2D eigenvalue weighted by molar-refractivity contribution is -0.903. The van der Waals surface area contributed by atoms with Crippen molar-refractivity contribution in [1.29, 1.82) is 0 Å². The zero-order valence-electron chi connectivity index (χ0n) is 24.8. The smallest absolute Gasteiger partial charge is 0.104 e. The lowest BCUT2D eigenvalue weighted by Gasteiger charge is -2.30. The Balaban J connectivity index is 0.000000600. The van der Waals surface area contributed by atoms with Gasteiger partial charge in [0, 0.05) is 11.3 Å². The largest absolute Gasteiger partial charge is 0.545 e. The molecule has 0 unspecified atom stereocenters. The number of nitrogens with two attached hydrogens (primary N) is 1. The summed E-state index contributed by atoms with van der Waals surface area (Å²) in [5.74, 6) is -1.18. The molecule has 0 aliphatic heterocycles. The van der Waals surface area contributed by atoms with Crippen LogP contribution in [0.1, 0.15) is 126 Å². The number of quaternary nitrogens is 1. The number of carboxylic acids is 1. The molecule has 0 aliphatic rings. The fraction of sp³-hybridized carbons (Fsp3) is 0.618. The van der Waals surface area contributed by atoms with Crippen LogP contribution in [0.5, 0.6) is 0 Å². The molecule has 4 nitrogen and oxygen atoms in total. The van der Waals surface area contributed by atoms with Crippen LogP contribution < -0.4 is 10.8 Å². The maximum atomic E-state index is 10.2. The second kappa shape index (κ2) is 21.6. The number of carbonyl (C=O) groups is 1. The number of benzene rings is 2. The number of rotatable bonds is 20. The SMILES string of the molecule is CCCCCCCCCCCCCCCCCC[N+](C)(C)Cc1ccccc1.Nc1ccc(C(=O)[O-])cc1. The highest BCUT2D eigenvalue weighted by Gasteiger charge is 2.14. The van der Waals surface area contributed by atoms with Crippen molar-refractivity contribution >= 4 is 11.7 Å². The number of nitrogens with zero attached hydrogens (tertiary/aromatic N) is 1. The number of unbranched alkanes of at least 4 members (excludes halogenated alkanes) is 15. The predicted octanol–water partition coefficient (Wildman–Crippen LogP) is 8.16. The summed E-state index contributed by atoms with van der Waals surface area (Å²) in [5.41, 5.74) is 7.47. The van der Waals surface area contributed by atoms with Crippen molar-refractivity contribution in [2.45, 2.75) is 116 Å². The minimum Gasteiger partial charge on any atom is -0.545 e. The van der Waals surface area contributed by atoms with E-state index in [1.54, 1.807) is 0 Å². The Kier molecular flexibility index (Phi) is 19.1. The molecule has 0 radical (unpaired) electrons. The van der Waals surface area contributed by atoms with Gasteiger partial charge >= 0.3 is 0 Å². The first kappa shape index (κ1) is 33.7. The monoisotopic (exact) mass is 524 g/mol. The molecule has 0 spiro atoms. The van der Waals surface area contributed by atoms with E-state index in [-0.39, 0.29) is 5.56 Å². The van der Waals surface area contributed by atoms with Crippen LogP contribution in [-0.4, -0.2) is 31.1 Å². The van der Waals surface area contributed by atoms with E-state index in [2.05, 4.69) is 51.4 Å². The molecular formula is C34H56N2O2. The van der Waals surface area contributed by atoms with Crippen molar-refractivity contribution in [3.8, 4) is 0 Å². The lowest BCUT2D eigenvalue weighted by atomic mass is 10.0. The van der Waals surface area contributed by atoms with Crippen molar-refractivity contribution in [1.82, 2.24) is 0 Å². The molecule has 0 aromatic heterocycles. The van der Waals surface area contributed by atoms with Crippen LogP contribution in [0.25, 0.3) is 0 Å². The zero-order chi connectivity index (χ0) is 27.9. The highest BCUT2D eigenvalue weighted by molar-refractivity contribution is 5.86. The van der Waals surface area contributed by atoms with Crippen molar-refractivity contribution in [2.75, 3.05) is 26.4 Å². The molecule has 2 aromatic carbocycles. The third kappa shape index (κ3) is 18.8. The van der Waals surface area contributed by atoms with Crippen LogP contribution in [0.3, 0.4) is 0 Å². The number of hydrogen-bond acceptors (Lipinski definition) is 3. The van der Waals surface area contributed by atoms with Crippen LogP contribution in [0, 0.1) is 0 Å². The van der Waals surface area contributed by atoms with Gasteiger partial charge in [-0.2, -0.15) is 0 Å². The first-order chi connectivity index (χ1) is 18.3. The first-order valence-corrected chi connectivity index (χ1v) is 15.3. The fourth-order valence-electron chi connectivity index (χ4n) is 4.86. The van der Waals surface area contributed by atoms with Gasteiger partial charge < -0.3 is 20.1 Å². The van der Waals surface area contributed by atoms with Gasteiger partial charge in [-0.15, -0.1) is 0 Å². The highest BCUT2D eigenvalue weighted by Crippen LogP contribution is 2.15. The van der Waals surface area contributed by atoms with Gasteiger partial charge in [0.2, 0.25) is 0 Å². The molecule has 2 N–H and O–H groups in total.